The Morgan fingerprint density at radius 1 is 1.04 bits per heavy atom. The highest BCUT2D eigenvalue weighted by Crippen LogP contribution is 2.28. The summed E-state index contributed by atoms with van der Waals surface area (Å²) in [6.45, 7) is 0.0863. The van der Waals surface area contributed by atoms with Crippen molar-refractivity contribution in [3.63, 3.8) is 0 Å². The van der Waals surface area contributed by atoms with Crippen molar-refractivity contribution in [2.75, 3.05) is 0 Å². The van der Waals surface area contributed by atoms with Gasteiger partial charge in [0, 0.05) is 12.5 Å². The molecule has 0 aliphatic heterocycles. The standard InChI is InChI=1S/C18H19N3O5S/c22-16-9-8-14(27(25,26)19-11-12-4-2-1-3-5-12)10-15(16)18(24)21-20-17(23)13-6-7-13/h1-5,8-10,13,19,22H,6-7,11H2,(H,20,23)(H,21,24). The topological polar surface area (TPSA) is 125 Å². The van der Waals surface area contributed by atoms with Crippen LogP contribution in [0, 0.1) is 5.92 Å². The van der Waals surface area contributed by atoms with E-state index in [9.17, 15) is 23.1 Å². The van der Waals surface area contributed by atoms with Crippen LogP contribution < -0.4 is 15.6 Å². The number of phenols is 1. The number of hydrogen-bond donors (Lipinski definition) is 4. The quantitative estimate of drug-likeness (QED) is 0.550. The fraction of sp³-hybridized carbons (Fsp3) is 0.222. The Balaban J connectivity index is 1.71. The SMILES string of the molecule is O=C(NNC(=O)C1CC1)c1cc(S(=O)(=O)NCc2ccccc2)ccc1O. The number of hydrogen-bond acceptors (Lipinski definition) is 5. The molecule has 2 amide bonds. The van der Waals surface area contributed by atoms with Crippen LogP contribution in [0.2, 0.25) is 0 Å². The molecule has 1 aliphatic rings. The lowest BCUT2D eigenvalue weighted by molar-refractivity contribution is -0.123. The van der Waals surface area contributed by atoms with Crippen molar-refractivity contribution in [3.8, 4) is 5.75 Å². The van der Waals surface area contributed by atoms with Gasteiger partial charge in [0.05, 0.1) is 10.5 Å². The van der Waals surface area contributed by atoms with Gasteiger partial charge in [0.15, 0.2) is 0 Å². The molecule has 0 unspecified atom stereocenters. The molecule has 4 N–H and O–H groups in total. The minimum absolute atomic E-state index is 0.0863. The lowest BCUT2D eigenvalue weighted by Gasteiger charge is -2.11. The number of phenolic OH excluding ortho intramolecular Hbond substituents is 1. The van der Waals surface area contributed by atoms with E-state index in [-0.39, 0.29) is 28.8 Å². The first-order chi connectivity index (χ1) is 12.9. The first kappa shape index (κ1) is 18.9. The highest BCUT2D eigenvalue weighted by molar-refractivity contribution is 7.89. The average molecular weight is 389 g/mol. The summed E-state index contributed by atoms with van der Waals surface area (Å²) in [4.78, 5) is 23.6. The number of rotatable bonds is 6. The Hall–Kier alpha value is -2.91. The van der Waals surface area contributed by atoms with E-state index in [4.69, 9.17) is 0 Å². The minimum Gasteiger partial charge on any atom is -0.507 e. The monoisotopic (exact) mass is 389 g/mol. The molecule has 0 heterocycles. The summed E-state index contributed by atoms with van der Waals surface area (Å²) >= 11 is 0. The molecule has 3 rings (SSSR count). The van der Waals surface area contributed by atoms with E-state index in [0.717, 1.165) is 30.5 Å². The maximum absolute atomic E-state index is 12.5. The lowest BCUT2D eigenvalue weighted by atomic mass is 10.2. The van der Waals surface area contributed by atoms with Gasteiger partial charge in [0.2, 0.25) is 15.9 Å². The lowest BCUT2D eigenvalue weighted by Crippen LogP contribution is -2.42. The largest absolute Gasteiger partial charge is 0.507 e. The Bertz CT molecular complexity index is 956. The molecule has 0 radical (unpaired) electrons. The van der Waals surface area contributed by atoms with Crippen LogP contribution in [0.1, 0.15) is 28.8 Å². The number of sulfonamides is 1. The third-order valence-corrected chi connectivity index (χ3v) is 5.48. The second kappa shape index (κ2) is 7.77. The molecular formula is C18H19N3O5S. The van der Waals surface area contributed by atoms with Gasteiger partial charge in [-0.1, -0.05) is 30.3 Å². The Morgan fingerprint density at radius 3 is 2.41 bits per heavy atom. The molecule has 1 fully saturated rings. The van der Waals surface area contributed by atoms with E-state index in [2.05, 4.69) is 15.6 Å². The van der Waals surface area contributed by atoms with Crippen LogP contribution in [-0.4, -0.2) is 25.3 Å². The number of carbonyl (C=O) groups is 2. The van der Waals surface area contributed by atoms with E-state index >= 15 is 0 Å². The maximum Gasteiger partial charge on any atom is 0.273 e. The smallest absolute Gasteiger partial charge is 0.273 e. The third kappa shape index (κ3) is 4.83. The number of nitrogens with one attached hydrogen (secondary N) is 3. The molecule has 0 atom stereocenters. The van der Waals surface area contributed by atoms with Crippen molar-refractivity contribution < 1.29 is 23.1 Å². The highest BCUT2D eigenvalue weighted by atomic mass is 32.2. The van der Waals surface area contributed by atoms with Crippen LogP contribution in [0.3, 0.4) is 0 Å². The van der Waals surface area contributed by atoms with Crippen molar-refractivity contribution >= 4 is 21.8 Å². The second-order valence-corrected chi connectivity index (χ2v) is 7.97. The van der Waals surface area contributed by atoms with E-state index in [0.29, 0.717) is 0 Å². The molecule has 8 nitrogen and oxygen atoms in total. The Labute approximate surface area is 156 Å². The van der Waals surface area contributed by atoms with Gasteiger partial charge in [0.1, 0.15) is 5.75 Å². The molecule has 0 aromatic heterocycles. The summed E-state index contributed by atoms with van der Waals surface area (Å²) in [6, 6.07) is 12.3. The first-order valence-corrected chi connectivity index (χ1v) is 9.82. The number of carbonyl (C=O) groups excluding carboxylic acids is 2. The van der Waals surface area contributed by atoms with Gasteiger partial charge < -0.3 is 5.11 Å². The average Bonchev–Trinajstić information content (AvgIpc) is 3.50. The molecule has 1 aliphatic carbocycles. The number of hydrazine groups is 1. The van der Waals surface area contributed by atoms with Crippen molar-refractivity contribution in [1.29, 1.82) is 0 Å². The van der Waals surface area contributed by atoms with Crippen molar-refractivity contribution in [3.05, 3.63) is 59.7 Å². The van der Waals surface area contributed by atoms with Crippen LogP contribution in [-0.2, 0) is 21.4 Å². The van der Waals surface area contributed by atoms with Gasteiger partial charge in [-0.25, -0.2) is 13.1 Å². The maximum atomic E-state index is 12.5. The number of aromatic hydroxyl groups is 1. The van der Waals surface area contributed by atoms with Crippen molar-refractivity contribution in [1.82, 2.24) is 15.6 Å². The Kier molecular flexibility index (Phi) is 5.43. The van der Waals surface area contributed by atoms with Gasteiger partial charge >= 0.3 is 0 Å². The normalized spacial score (nSPS) is 13.8. The van der Waals surface area contributed by atoms with Crippen LogP contribution in [0.4, 0.5) is 0 Å². The van der Waals surface area contributed by atoms with E-state index < -0.39 is 21.7 Å². The van der Waals surface area contributed by atoms with Gasteiger partial charge in [0.25, 0.3) is 5.91 Å². The van der Waals surface area contributed by atoms with Gasteiger partial charge in [-0.15, -0.1) is 0 Å². The number of amides is 2. The molecular weight excluding hydrogens is 370 g/mol. The number of benzene rings is 2. The first-order valence-electron chi connectivity index (χ1n) is 8.33. The molecule has 2 aromatic carbocycles. The summed E-state index contributed by atoms with van der Waals surface area (Å²) < 4.78 is 27.4. The van der Waals surface area contributed by atoms with E-state index in [1.165, 1.54) is 6.07 Å². The fourth-order valence-corrected chi connectivity index (χ4v) is 3.40. The fourth-order valence-electron chi connectivity index (χ4n) is 2.36. The summed E-state index contributed by atoms with van der Waals surface area (Å²) in [6.07, 6.45) is 1.54. The molecule has 0 saturated heterocycles. The van der Waals surface area contributed by atoms with Gasteiger partial charge in [-0.2, -0.15) is 0 Å². The van der Waals surface area contributed by atoms with Crippen LogP contribution in [0.15, 0.2) is 53.4 Å². The summed E-state index contributed by atoms with van der Waals surface area (Å²) in [5.41, 5.74) is 4.97. The summed E-state index contributed by atoms with van der Waals surface area (Å²) in [5, 5.41) is 9.88. The highest BCUT2D eigenvalue weighted by Gasteiger charge is 2.30. The van der Waals surface area contributed by atoms with Crippen LogP contribution in [0.25, 0.3) is 0 Å². The molecule has 0 spiro atoms. The van der Waals surface area contributed by atoms with Gasteiger partial charge in [-0.3, -0.25) is 20.4 Å². The predicted molar refractivity (Wildman–Crippen MR) is 96.9 cm³/mol. The zero-order valence-electron chi connectivity index (χ0n) is 14.3. The Morgan fingerprint density at radius 2 is 1.74 bits per heavy atom. The zero-order valence-corrected chi connectivity index (χ0v) is 15.1. The second-order valence-electron chi connectivity index (χ2n) is 6.21. The molecule has 0 bridgehead atoms. The summed E-state index contributed by atoms with van der Waals surface area (Å²) in [5.74, 6) is -1.61. The molecule has 9 heteroatoms. The van der Waals surface area contributed by atoms with E-state index in [1.807, 2.05) is 6.07 Å². The van der Waals surface area contributed by atoms with Crippen LogP contribution >= 0.6 is 0 Å². The van der Waals surface area contributed by atoms with E-state index in [1.54, 1.807) is 24.3 Å². The molecule has 2 aromatic rings. The minimum atomic E-state index is -3.89. The van der Waals surface area contributed by atoms with Gasteiger partial charge in [-0.05, 0) is 36.6 Å². The van der Waals surface area contributed by atoms with Crippen molar-refractivity contribution in [2.45, 2.75) is 24.3 Å². The molecule has 1 saturated carbocycles. The predicted octanol–water partition coefficient (Wildman–Crippen LogP) is 1.04. The third-order valence-electron chi connectivity index (χ3n) is 4.08. The summed E-state index contributed by atoms with van der Waals surface area (Å²) in [7, 11) is -3.89. The molecule has 142 valence electrons. The van der Waals surface area contributed by atoms with Crippen LogP contribution in [0.5, 0.6) is 5.75 Å². The van der Waals surface area contributed by atoms with Crippen molar-refractivity contribution in [2.24, 2.45) is 5.92 Å². The zero-order chi connectivity index (χ0) is 19.4. The molecule has 27 heavy (non-hydrogen) atoms.